The second-order valence-electron chi connectivity index (χ2n) is 7.88. The van der Waals surface area contributed by atoms with Gasteiger partial charge in [-0.25, -0.2) is 0 Å². The first kappa shape index (κ1) is 28.7. The Hall–Kier alpha value is -2.82. The van der Waals surface area contributed by atoms with Crippen molar-refractivity contribution in [2.75, 3.05) is 0 Å². The molecular formula is C28H23NaO6S2. The smallest absolute Gasteiger partial charge is 1.00 e. The van der Waals surface area contributed by atoms with Crippen molar-refractivity contribution in [2.24, 2.45) is 0 Å². The Morgan fingerprint density at radius 1 is 0.541 bits per heavy atom. The molecule has 0 aromatic heterocycles. The third kappa shape index (κ3) is 7.15. The van der Waals surface area contributed by atoms with Crippen LogP contribution in [-0.4, -0.2) is 25.9 Å². The van der Waals surface area contributed by atoms with Crippen LogP contribution in [0.25, 0.3) is 35.4 Å². The largest absolute Gasteiger partial charge is 1.00 e. The first-order chi connectivity index (χ1) is 17.1. The topological polar surface area (TPSA) is 109 Å². The second kappa shape index (κ2) is 12.1. The Morgan fingerprint density at radius 2 is 1.05 bits per heavy atom. The molecule has 0 aliphatic carbocycles. The molecule has 0 saturated heterocycles. The average molecular weight is 543 g/mol. The molecule has 0 bridgehead atoms. The Bertz CT molecular complexity index is 1670. The predicted octanol–water partition coefficient (Wildman–Crippen LogP) is 3.30. The van der Waals surface area contributed by atoms with Crippen molar-refractivity contribution in [1.29, 1.82) is 0 Å². The standard InChI is InChI=1S/C28H22O6S2.Na.H/c29-35(30,31)27-14-8-7-13-25(27)26-20-18-23(17-15-21-9-3-1-4-10-21)24(28(26)36(32,33)34)19-16-22-11-5-2-6-12-22;;/h1-20H,(H,29,30,31)(H,32,33,34);;/q;+1;-1. The van der Waals surface area contributed by atoms with Crippen LogP contribution in [0.2, 0.25) is 0 Å². The summed E-state index contributed by atoms with van der Waals surface area (Å²) >= 11 is 0. The molecule has 0 aliphatic rings. The fourth-order valence-corrected chi connectivity index (χ4v) is 5.46. The van der Waals surface area contributed by atoms with E-state index in [-0.39, 0.29) is 47.7 Å². The fraction of sp³-hybridized carbons (Fsp3) is 0. The van der Waals surface area contributed by atoms with Gasteiger partial charge in [-0.1, -0.05) is 115 Å². The Morgan fingerprint density at radius 3 is 1.59 bits per heavy atom. The summed E-state index contributed by atoms with van der Waals surface area (Å²) in [6.07, 6.45) is 6.77. The van der Waals surface area contributed by atoms with Gasteiger partial charge in [-0.05, 0) is 22.8 Å². The summed E-state index contributed by atoms with van der Waals surface area (Å²) in [4.78, 5) is -0.943. The van der Waals surface area contributed by atoms with E-state index in [9.17, 15) is 25.9 Å². The van der Waals surface area contributed by atoms with Gasteiger partial charge in [0.25, 0.3) is 20.2 Å². The summed E-state index contributed by atoms with van der Waals surface area (Å²) in [5, 5.41) is 0. The summed E-state index contributed by atoms with van der Waals surface area (Å²) in [7, 11) is -9.52. The van der Waals surface area contributed by atoms with Crippen LogP contribution in [0.4, 0.5) is 0 Å². The molecule has 4 aromatic rings. The van der Waals surface area contributed by atoms with Crippen LogP contribution in [0.1, 0.15) is 23.7 Å². The maximum absolute atomic E-state index is 12.7. The van der Waals surface area contributed by atoms with Crippen LogP contribution in [0.3, 0.4) is 0 Å². The minimum absolute atomic E-state index is 0. The van der Waals surface area contributed by atoms with Crippen molar-refractivity contribution in [3.63, 3.8) is 0 Å². The zero-order valence-corrected chi connectivity index (χ0v) is 23.5. The zero-order chi connectivity index (χ0) is 25.8. The predicted molar refractivity (Wildman–Crippen MR) is 143 cm³/mol. The van der Waals surface area contributed by atoms with Crippen LogP contribution in [0.5, 0.6) is 0 Å². The number of rotatable bonds is 7. The van der Waals surface area contributed by atoms with Gasteiger partial charge >= 0.3 is 29.6 Å². The quantitative estimate of drug-likeness (QED) is 0.211. The zero-order valence-electron chi connectivity index (χ0n) is 20.9. The molecule has 9 heteroatoms. The maximum atomic E-state index is 12.7. The van der Waals surface area contributed by atoms with Gasteiger partial charge < -0.3 is 1.43 Å². The van der Waals surface area contributed by atoms with Crippen LogP contribution in [0, 0.1) is 0 Å². The van der Waals surface area contributed by atoms with Crippen molar-refractivity contribution in [3.05, 3.63) is 119 Å². The molecule has 184 valence electrons. The van der Waals surface area contributed by atoms with E-state index in [1.807, 2.05) is 60.7 Å². The van der Waals surface area contributed by atoms with Gasteiger partial charge in [0.1, 0.15) is 9.79 Å². The summed E-state index contributed by atoms with van der Waals surface area (Å²) < 4.78 is 69.6. The van der Waals surface area contributed by atoms with E-state index in [0.29, 0.717) is 5.56 Å². The minimum Gasteiger partial charge on any atom is -1.00 e. The molecule has 0 aliphatic heterocycles. The van der Waals surface area contributed by atoms with Crippen LogP contribution < -0.4 is 29.6 Å². The monoisotopic (exact) mass is 542 g/mol. The molecule has 0 spiro atoms. The molecule has 0 heterocycles. The summed E-state index contributed by atoms with van der Waals surface area (Å²) in [5.41, 5.74) is 2.20. The van der Waals surface area contributed by atoms with E-state index in [0.717, 1.165) is 11.1 Å². The molecule has 0 radical (unpaired) electrons. The molecule has 0 fully saturated rings. The maximum Gasteiger partial charge on any atom is 1.00 e. The van der Waals surface area contributed by atoms with Gasteiger partial charge in [-0.15, -0.1) is 0 Å². The van der Waals surface area contributed by atoms with Crippen molar-refractivity contribution in [1.82, 2.24) is 0 Å². The van der Waals surface area contributed by atoms with E-state index < -0.39 is 30.0 Å². The third-order valence-electron chi connectivity index (χ3n) is 5.44. The number of hydrogen-bond donors (Lipinski definition) is 2. The normalized spacial score (nSPS) is 12.1. The Balaban J connectivity index is 0.00000253. The summed E-state index contributed by atoms with van der Waals surface area (Å²) in [5.74, 6) is 0. The first-order valence-corrected chi connectivity index (χ1v) is 13.7. The molecule has 37 heavy (non-hydrogen) atoms. The van der Waals surface area contributed by atoms with E-state index >= 15 is 0 Å². The van der Waals surface area contributed by atoms with Gasteiger partial charge in [0.15, 0.2) is 0 Å². The minimum atomic E-state index is -4.85. The van der Waals surface area contributed by atoms with Gasteiger partial charge in [0, 0.05) is 16.7 Å². The molecular weight excluding hydrogens is 519 g/mol. The molecule has 2 N–H and O–H groups in total. The van der Waals surface area contributed by atoms with Crippen molar-refractivity contribution >= 4 is 44.5 Å². The third-order valence-corrected chi connectivity index (χ3v) is 7.31. The van der Waals surface area contributed by atoms with E-state index in [4.69, 9.17) is 0 Å². The summed E-state index contributed by atoms with van der Waals surface area (Å²) in [6.45, 7) is 0. The SMILES string of the molecule is O=S(=O)(O)c1ccccc1-c1ccc(C=Cc2ccccc2)c(C=Cc2ccccc2)c1S(=O)(=O)O.[H-].[Na+]. The molecule has 4 aromatic carbocycles. The van der Waals surface area contributed by atoms with Gasteiger partial charge in [-0.2, -0.15) is 16.8 Å². The molecule has 0 amide bonds. The van der Waals surface area contributed by atoms with Crippen LogP contribution >= 0.6 is 0 Å². The second-order valence-corrected chi connectivity index (χ2v) is 10.6. The number of benzene rings is 4. The molecule has 0 atom stereocenters. The van der Waals surface area contributed by atoms with Crippen molar-refractivity contribution < 1.29 is 56.9 Å². The van der Waals surface area contributed by atoms with Gasteiger partial charge in [0.05, 0.1) is 0 Å². The van der Waals surface area contributed by atoms with E-state index in [1.165, 1.54) is 30.3 Å². The van der Waals surface area contributed by atoms with Gasteiger partial charge in [0.2, 0.25) is 0 Å². The van der Waals surface area contributed by atoms with Crippen LogP contribution in [-0.2, 0) is 20.2 Å². The van der Waals surface area contributed by atoms with E-state index in [2.05, 4.69) is 0 Å². The fourth-order valence-electron chi connectivity index (χ4n) is 3.83. The molecule has 0 saturated carbocycles. The Kier molecular flexibility index (Phi) is 9.44. The van der Waals surface area contributed by atoms with E-state index in [1.54, 1.807) is 30.4 Å². The average Bonchev–Trinajstić information content (AvgIpc) is 2.86. The molecule has 0 unspecified atom stereocenters. The Labute approximate surface area is 240 Å². The van der Waals surface area contributed by atoms with Crippen LogP contribution in [0.15, 0.2) is 107 Å². The van der Waals surface area contributed by atoms with Crippen molar-refractivity contribution in [3.8, 4) is 11.1 Å². The van der Waals surface area contributed by atoms with Crippen molar-refractivity contribution in [2.45, 2.75) is 9.79 Å². The molecule has 6 nitrogen and oxygen atoms in total. The first-order valence-electron chi connectivity index (χ1n) is 10.8. The summed E-state index contributed by atoms with van der Waals surface area (Å²) in [6, 6.07) is 27.1. The van der Waals surface area contributed by atoms with Gasteiger partial charge in [-0.3, -0.25) is 9.11 Å². The number of hydrogen-bond acceptors (Lipinski definition) is 4. The molecule has 4 rings (SSSR count).